The Kier molecular flexibility index (Phi) is 4.48. The van der Waals surface area contributed by atoms with Gasteiger partial charge in [0.25, 0.3) is 0 Å². The van der Waals surface area contributed by atoms with E-state index in [-0.39, 0.29) is 23.7 Å². The molecule has 116 valence electrons. The molecule has 0 aromatic heterocycles. The number of sulfonamides is 1. The van der Waals surface area contributed by atoms with Crippen LogP contribution in [0.25, 0.3) is 0 Å². The second-order valence-electron chi connectivity index (χ2n) is 4.91. The van der Waals surface area contributed by atoms with Crippen LogP contribution < -0.4 is 5.73 Å². The molecule has 1 aromatic carbocycles. The highest BCUT2D eigenvalue weighted by Gasteiger charge is 2.34. The number of hydrogen-bond donors (Lipinski definition) is 1. The van der Waals surface area contributed by atoms with Crippen LogP contribution >= 0.6 is 0 Å². The van der Waals surface area contributed by atoms with Crippen LogP contribution in [0.4, 0.5) is 10.1 Å². The summed E-state index contributed by atoms with van der Waals surface area (Å²) in [5.74, 6) is -1.63. The van der Waals surface area contributed by atoms with Crippen LogP contribution in [0.2, 0.25) is 0 Å². The maximum Gasteiger partial charge on any atom is 0.309 e. The normalized spacial score (nSPS) is 20.2. The number of carbonyl (C=O) groups excluding carboxylic acids is 1. The van der Waals surface area contributed by atoms with Gasteiger partial charge in [0, 0.05) is 13.1 Å². The first-order chi connectivity index (χ1) is 9.86. The molecule has 1 saturated heterocycles. The minimum atomic E-state index is -3.93. The number of nitrogens with two attached hydrogens (primary N) is 1. The molecule has 2 N–H and O–H groups in total. The standard InChI is InChI=1S/C13H17FN2O4S/c1-20-13(17)9-3-2-6-16(8-9)21(18,19)12-7-10(14)4-5-11(12)15/h4-5,7,9H,2-3,6,8,15H2,1H3. The topological polar surface area (TPSA) is 89.7 Å². The van der Waals surface area contributed by atoms with Crippen LogP contribution in [0.5, 0.6) is 0 Å². The van der Waals surface area contributed by atoms with Crippen LogP contribution in [0.1, 0.15) is 12.8 Å². The van der Waals surface area contributed by atoms with E-state index in [1.165, 1.54) is 13.2 Å². The predicted octanol–water partition coefficient (Wildman–Crippen LogP) is 0.982. The molecule has 6 nitrogen and oxygen atoms in total. The van der Waals surface area contributed by atoms with E-state index in [0.29, 0.717) is 12.8 Å². The van der Waals surface area contributed by atoms with Gasteiger partial charge in [0.1, 0.15) is 10.7 Å². The van der Waals surface area contributed by atoms with Gasteiger partial charge in [-0.1, -0.05) is 0 Å². The summed E-state index contributed by atoms with van der Waals surface area (Å²) in [6, 6.07) is 3.21. The average molecular weight is 316 g/mol. The lowest BCUT2D eigenvalue weighted by Crippen LogP contribution is -2.42. The molecule has 8 heteroatoms. The van der Waals surface area contributed by atoms with Gasteiger partial charge < -0.3 is 10.5 Å². The third kappa shape index (κ3) is 3.16. The third-order valence-electron chi connectivity index (χ3n) is 3.51. The van der Waals surface area contributed by atoms with Crippen molar-refractivity contribution in [3.05, 3.63) is 24.0 Å². The van der Waals surface area contributed by atoms with Gasteiger partial charge in [-0.05, 0) is 31.0 Å². The number of esters is 1. The van der Waals surface area contributed by atoms with Gasteiger partial charge in [-0.3, -0.25) is 4.79 Å². The molecular formula is C13H17FN2O4S. The average Bonchev–Trinajstić information content (AvgIpc) is 2.49. The molecule has 1 aliphatic heterocycles. The van der Waals surface area contributed by atoms with Gasteiger partial charge in [0.15, 0.2) is 0 Å². The van der Waals surface area contributed by atoms with Crippen LogP contribution in [0, 0.1) is 11.7 Å². The van der Waals surface area contributed by atoms with Crippen molar-refractivity contribution in [1.82, 2.24) is 4.31 Å². The van der Waals surface area contributed by atoms with E-state index in [1.54, 1.807) is 0 Å². The highest BCUT2D eigenvalue weighted by atomic mass is 32.2. The smallest absolute Gasteiger partial charge is 0.309 e. The molecule has 2 rings (SSSR count). The number of hydrogen-bond acceptors (Lipinski definition) is 5. The number of methoxy groups -OCH3 is 1. The van der Waals surface area contributed by atoms with E-state index in [1.807, 2.05) is 0 Å². The number of nitrogens with zero attached hydrogens (tertiary/aromatic N) is 1. The Labute approximate surface area is 122 Å². The number of anilines is 1. The Balaban J connectivity index is 2.31. The van der Waals surface area contributed by atoms with Gasteiger partial charge in [0.2, 0.25) is 10.0 Å². The van der Waals surface area contributed by atoms with Crippen LogP contribution in [-0.4, -0.2) is 38.9 Å². The highest BCUT2D eigenvalue weighted by molar-refractivity contribution is 7.89. The Morgan fingerprint density at radius 1 is 1.48 bits per heavy atom. The lowest BCUT2D eigenvalue weighted by atomic mass is 10.0. The maximum atomic E-state index is 13.3. The van der Waals surface area contributed by atoms with Crippen molar-refractivity contribution in [2.24, 2.45) is 5.92 Å². The molecule has 1 heterocycles. The number of nitrogen functional groups attached to an aromatic ring is 1. The fourth-order valence-electron chi connectivity index (χ4n) is 2.39. The lowest BCUT2D eigenvalue weighted by Gasteiger charge is -2.30. The Morgan fingerprint density at radius 2 is 2.19 bits per heavy atom. The van der Waals surface area contributed by atoms with Crippen molar-refractivity contribution in [2.45, 2.75) is 17.7 Å². The molecule has 0 aliphatic carbocycles. The maximum absolute atomic E-state index is 13.3. The number of piperidine rings is 1. The molecular weight excluding hydrogens is 299 g/mol. The Hall–Kier alpha value is -1.67. The van der Waals surface area contributed by atoms with E-state index in [2.05, 4.69) is 4.74 Å². The molecule has 0 bridgehead atoms. The first-order valence-electron chi connectivity index (χ1n) is 6.49. The summed E-state index contributed by atoms with van der Waals surface area (Å²) in [6.45, 7) is 0.288. The number of rotatable bonds is 3. The Bertz CT molecular complexity index is 648. The molecule has 21 heavy (non-hydrogen) atoms. The van der Waals surface area contributed by atoms with Gasteiger partial charge >= 0.3 is 5.97 Å². The molecule has 1 aliphatic rings. The van der Waals surface area contributed by atoms with Crippen molar-refractivity contribution in [2.75, 3.05) is 25.9 Å². The summed E-state index contributed by atoms with van der Waals surface area (Å²) in [5, 5.41) is 0. The summed E-state index contributed by atoms with van der Waals surface area (Å²) < 4.78 is 44.2. The minimum Gasteiger partial charge on any atom is -0.469 e. The zero-order chi connectivity index (χ0) is 15.6. The Morgan fingerprint density at radius 3 is 2.86 bits per heavy atom. The second kappa shape index (κ2) is 5.98. The number of halogens is 1. The van der Waals surface area contributed by atoms with Crippen molar-refractivity contribution < 1.29 is 22.3 Å². The van der Waals surface area contributed by atoms with Crippen molar-refractivity contribution in [3.63, 3.8) is 0 Å². The zero-order valence-electron chi connectivity index (χ0n) is 11.6. The van der Waals surface area contributed by atoms with E-state index in [4.69, 9.17) is 5.73 Å². The second-order valence-corrected chi connectivity index (χ2v) is 6.81. The van der Waals surface area contributed by atoms with Gasteiger partial charge in [-0.25, -0.2) is 12.8 Å². The lowest BCUT2D eigenvalue weighted by molar-refractivity contribution is -0.146. The van der Waals surface area contributed by atoms with Crippen LogP contribution in [-0.2, 0) is 19.6 Å². The highest BCUT2D eigenvalue weighted by Crippen LogP contribution is 2.27. The van der Waals surface area contributed by atoms with Gasteiger partial charge in [-0.15, -0.1) is 0 Å². The molecule has 0 amide bonds. The van der Waals surface area contributed by atoms with E-state index in [9.17, 15) is 17.6 Å². The number of benzene rings is 1. The molecule has 0 saturated carbocycles. The van der Waals surface area contributed by atoms with Gasteiger partial charge in [-0.2, -0.15) is 4.31 Å². The van der Waals surface area contributed by atoms with Crippen molar-refractivity contribution in [1.29, 1.82) is 0 Å². The fraction of sp³-hybridized carbons (Fsp3) is 0.462. The van der Waals surface area contributed by atoms with Crippen LogP contribution in [0.15, 0.2) is 23.1 Å². The van der Waals surface area contributed by atoms with Crippen molar-refractivity contribution >= 4 is 21.7 Å². The molecule has 1 atom stereocenters. The molecule has 1 unspecified atom stereocenters. The molecule has 1 aromatic rings. The predicted molar refractivity (Wildman–Crippen MR) is 74.3 cm³/mol. The SMILES string of the molecule is COC(=O)C1CCCN(S(=O)(=O)c2cc(F)ccc2N)C1. The monoisotopic (exact) mass is 316 g/mol. The summed E-state index contributed by atoms with van der Waals surface area (Å²) in [7, 11) is -2.67. The molecule has 0 radical (unpaired) electrons. The molecule has 1 fully saturated rings. The largest absolute Gasteiger partial charge is 0.469 e. The first-order valence-corrected chi connectivity index (χ1v) is 7.93. The first kappa shape index (κ1) is 15.7. The molecule has 0 spiro atoms. The number of ether oxygens (including phenoxy) is 1. The quantitative estimate of drug-likeness (QED) is 0.663. The van der Waals surface area contributed by atoms with Crippen molar-refractivity contribution in [3.8, 4) is 0 Å². The zero-order valence-corrected chi connectivity index (χ0v) is 12.4. The minimum absolute atomic E-state index is 0.0170. The summed E-state index contributed by atoms with van der Waals surface area (Å²) in [6.07, 6.45) is 1.10. The van der Waals surface area contributed by atoms with Crippen LogP contribution in [0.3, 0.4) is 0 Å². The van der Waals surface area contributed by atoms with Gasteiger partial charge in [0.05, 0.1) is 18.7 Å². The van der Waals surface area contributed by atoms with E-state index < -0.39 is 27.7 Å². The van der Waals surface area contributed by atoms with E-state index in [0.717, 1.165) is 16.4 Å². The summed E-state index contributed by atoms with van der Waals surface area (Å²) >= 11 is 0. The third-order valence-corrected chi connectivity index (χ3v) is 5.43. The summed E-state index contributed by atoms with van der Waals surface area (Å²) in [4.78, 5) is 11.3. The van der Waals surface area contributed by atoms with E-state index >= 15 is 0 Å². The fourth-order valence-corrected chi connectivity index (χ4v) is 4.04. The summed E-state index contributed by atoms with van der Waals surface area (Å²) in [5.41, 5.74) is 5.62. The number of carbonyl (C=O) groups is 1.